The van der Waals surface area contributed by atoms with Crippen molar-refractivity contribution in [1.82, 2.24) is 0 Å². The van der Waals surface area contributed by atoms with Crippen molar-refractivity contribution in [2.75, 3.05) is 18.1 Å². The Kier molecular flexibility index (Phi) is 2.55. The maximum atomic E-state index is 13.6. The summed E-state index contributed by atoms with van der Waals surface area (Å²) in [5.41, 5.74) is 6.32. The van der Waals surface area contributed by atoms with Crippen molar-refractivity contribution in [1.29, 1.82) is 0 Å². The van der Waals surface area contributed by atoms with E-state index in [0.717, 1.165) is 0 Å². The minimum atomic E-state index is -0.505. The van der Waals surface area contributed by atoms with Gasteiger partial charge in [0.05, 0.1) is 12.2 Å². The number of benzene rings is 1. The predicted molar refractivity (Wildman–Crippen MR) is 53.0 cm³/mol. The first-order chi connectivity index (χ1) is 7.22. The topological polar surface area (TPSA) is 55.6 Å². The van der Waals surface area contributed by atoms with Gasteiger partial charge in [-0.05, 0) is 17.7 Å². The zero-order valence-electron chi connectivity index (χ0n) is 8.07. The second-order valence-corrected chi connectivity index (χ2v) is 3.26. The Morgan fingerprint density at radius 3 is 2.87 bits per heavy atom. The number of anilines is 1. The van der Waals surface area contributed by atoms with E-state index in [1.165, 1.54) is 11.0 Å². The second-order valence-electron chi connectivity index (χ2n) is 3.26. The molecule has 0 saturated carbocycles. The molecule has 1 aliphatic rings. The molecule has 0 spiro atoms. The third-order valence-electron chi connectivity index (χ3n) is 2.30. The summed E-state index contributed by atoms with van der Waals surface area (Å²) in [5, 5.41) is 0. The van der Waals surface area contributed by atoms with Gasteiger partial charge in [0.2, 0.25) is 0 Å². The molecule has 1 aromatic carbocycles. The number of rotatable bonds is 2. The van der Waals surface area contributed by atoms with Crippen molar-refractivity contribution < 1.29 is 13.9 Å². The molecular weight excluding hydrogens is 199 g/mol. The molecule has 0 bridgehead atoms. The molecule has 0 aliphatic carbocycles. The number of carbonyl (C=O) groups excluding carboxylic acids is 1. The van der Waals surface area contributed by atoms with Gasteiger partial charge in [0.1, 0.15) is 12.4 Å². The highest BCUT2D eigenvalue weighted by Crippen LogP contribution is 2.23. The first kappa shape index (κ1) is 9.92. The van der Waals surface area contributed by atoms with E-state index in [2.05, 4.69) is 0 Å². The average Bonchev–Trinajstić information content (AvgIpc) is 2.64. The van der Waals surface area contributed by atoms with E-state index in [0.29, 0.717) is 18.7 Å². The molecule has 1 saturated heterocycles. The van der Waals surface area contributed by atoms with Gasteiger partial charge >= 0.3 is 6.09 Å². The molecule has 0 atom stereocenters. The zero-order valence-corrected chi connectivity index (χ0v) is 8.07. The number of halogens is 1. The van der Waals surface area contributed by atoms with E-state index in [1.807, 2.05) is 0 Å². The minimum absolute atomic E-state index is 0.245. The largest absolute Gasteiger partial charge is 0.447 e. The van der Waals surface area contributed by atoms with Crippen LogP contribution in [0.15, 0.2) is 18.2 Å². The number of hydrogen-bond acceptors (Lipinski definition) is 3. The van der Waals surface area contributed by atoms with Crippen LogP contribution >= 0.6 is 0 Å². The molecule has 2 N–H and O–H groups in total. The maximum absolute atomic E-state index is 13.6. The fourth-order valence-corrected chi connectivity index (χ4v) is 1.51. The Morgan fingerprint density at radius 1 is 1.53 bits per heavy atom. The smallest absolute Gasteiger partial charge is 0.414 e. The Morgan fingerprint density at radius 2 is 2.33 bits per heavy atom. The van der Waals surface area contributed by atoms with Crippen LogP contribution in [0.25, 0.3) is 0 Å². The number of nitrogens with two attached hydrogens (primary N) is 1. The van der Waals surface area contributed by atoms with Gasteiger partial charge < -0.3 is 10.5 Å². The molecule has 15 heavy (non-hydrogen) atoms. The van der Waals surface area contributed by atoms with Crippen LogP contribution in [0.3, 0.4) is 0 Å². The van der Waals surface area contributed by atoms with Gasteiger partial charge in [-0.1, -0.05) is 6.07 Å². The number of cyclic esters (lactones) is 1. The van der Waals surface area contributed by atoms with Crippen LogP contribution in [-0.2, 0) is 11.3 Å². The third kappa shape index (κ3) is 1.78. The van der Waals surface area contributed by atoms with E-state index in [1.54, 1.807) is 12.1 Å². The third-order valence-corrected chi connectivity index (χ3v) is 2.30. The SMILES string of the molecule is NCc1ccc(N2CCOC2=O)c(F)c1. The van der Waals surface area contributed by atoms with Gasteiger partial charge in [-0.25, -0.2) is 9.18 Å². The molecule has 4 nitrogen and oxygen atoms in total. The maximum Gasteiger partial charge on any atom is 0.414 e. The highest BCUT2D eigenvalue weighted by molar-refractivity contribution is 5.89. The van der Waals surface area contributed by atoms with E-state index in [9.17, 15) is 9.18 Å². The molecule has 1 aromatic rings. The lowest BCUT2D eigenvalue weighted by Gasteiger charge is -2.13. The minimum Gasteiger partial charge on any atom is -0.447 e. The highest BCUT2D eigenvalue weighted by atomic mass is 19.1. The van der Waals surface area contributed by atoms with Gasteiger partial charge in [-0.15, -0.1) is 0 Å². The van der Waals surface area contributed by atoms with Crippen molar-refractivity contribution in [3.8, 4) is 0 Å². The molecule has 1 aliphatic heterocycles. The summed E-state index contributed by atoms with van der Waals surface area (Å²) in [6.45, 7) is 0.969. The first-order valence-corrected chi connectivity index (χ1v) is 4.65. The van der Waals surface area contributed by atoms with Gasteiger partial charge in [0.15, 0.2) is 0 Å². The summed E-state index contributed by atoms with van der Waals surface area (Å²) in [7, 11) is 0. The number of nitrogens with zero attached hydrogens (tertiary/aromatic N) is 1. The van der Waals surface area contributed by atoms with Crippen LogP contribution < -0.4 is 10.6 Å². The standard InChI is InChI=1S/C10H11FN2O2/c11-8-5-7(6-12)1-2-9(8)13-3-4-15-10(13)14/h1-2,5H,3-4,6,12H2. The summed E-state index contributed by atoms with van der Waals surface area (Å²) in [6.07, 6.45) is -0.505. The lowest BCUT2D eigenvalue weighted by atomic mass is 10.2. The monoisotopic (exact) mass is 210 g/mol. The molecule has 1 fully saturated rings. The van der Waals surface area contributed by atoms with Crippen LogP contribution in [0.1, 0.15) is 5.56 Å². The van der Waals surface area contributed by atoms with Crippen molar-refractivity contribution >= 4 is 11.8 Å². The van der Waals surface area contributed by atoms with E-state index < -0.39 is 11.9 Å². The first-order valence-electron chi connectivity index (χ1n) is 4.65. The molecule has 5 heteroatoms. The Balaban J connectivity index is 2.32. The summed E-state index contributed by atoms with van der Waals surface area (Å²) in [4.78, 5) is 12.5. The quantitative estimate of drug-likeness (QED) is 0.799. The summed E-state index contributed by atoms with van der Waals surface area (Å²) < 4.78 is 18.3. The number of carbonyl (C=O) groups is 1. The van der Waals surface area contributed by atoms with Crippen LogP contribution in [0.4, 0.5) is 14.9 Å². The Bertz CT molecular complexity index is 395. The van der Waals surface area contributed by atoms with E-state index >= 15 is 0 Å². The Labute approximate surface area is 86.4 Å². The van der Waals surface area contributed by atoms with Crippen molar-refractivity contribution in [2.24, 2.45) is 5.73 Å². The van der Waals surface area contributed by atoms with Gasteiger partial charge in [0, 0.05) is 6.54 Å². The number of ether oxygens (including phenoxy) is 1. The van der Waals surface area contributed by atoms with Gasteiger partial charge in [-0.3, -0.25) is 4.90 Å². The van der Waals surface area contributed by atoms with Gasteiger partial charge in [0.25, 0.3) is 0 Å². The zero-order chi connectivity index (χ0) is 10.8. The number of amides is 1. The summed E-state index contributed by atoms with van der Waals surface area (Å²) in [5.74, 6) is -0.447. The molecule has 0 aromatic heterocycles. The highest BCUT2D eigenvalue weighted by Gasteiger charge is 2.25. The van der Waals surface area contributed by atoms with Crippen molar-refractivity contribution in [3.63, 3.8) is 0 Å². The molecular formula is C10H11FN2O2. The fraction of sp³-hybridized carbons (Fsp3) is 0.300. The van der Waals surface area contributed by atoms with Gasteiger partial charge in [-0.2, -0.15) is 0 Å². The van der Waals surface area contributed by atoms with Crippen LogP contribution in [0.5, 0.6) is 0 Å². The Hall–Kier alpha value is -1.62. The van der Waals surface area contributed by atoms with Crippen molar-refractivity contribution in [3.05, 3.63) is 29.6 Å². The second kappa shape index (κ2) is 3.86. The predicted octanol–water partition coefficient (Wildman–Crippen LogP) is 1.24. The van der Waals surface area contributed by atoms with E-state index in [-0.39, 0.29) is 12.2 Å². The van der Waals surface area contributed by atoms with Crippen LogP contribution in [0, 0.1) is 5.82 Å². The number of hydrogen-bond donors (Lipinski definition) is 1. The lowest BCUT2D eigenvalue weighted by Crippen LogP contribution is -2.24. The average molecular weight is 210 g/mol. The van der Waals surface area contributed by atoms with Crippen molar-refractivity contribution in [2.45, 2.75) is 6.54 Å². The van der Waals surface area contributed by atoms with E-state index in [4.69, 9.17) is 10.5 Å². The molecule has 0 unspecified atom stereocenters. The molecule has 1 heterocycles. The summed E-state index contributed by atoms with van der Waals surface area (Å²) in [6, 6.07) is 4.58. The normalized spacial score (nSPS) is 15.6. The summed E-state index contributed by atoms with van der Waals surface area (Å²) >= 11 is 0. The molecule has 2 rings (SSSR count). The van der Waals surface area contributed by atoms with Crippen LogP contribution in [0.2, 0.25) is 0 Å². The fourth-order valence-electron chi connectivity index (χ4n) is 1.51. The molecule has 1 amide bonds. The molecule has 0 radical (unpaired) electrons. The van der Waals surface area contributed by atoms with Crippen LogP contribution in [-0.4, -0.2) is 19.2 Å². The molecule has 80 valence electrons. The lowest BCUT2D eigenvalue weighted by molar-refractivity contribution is 0.181.